The largest absolute Gasteiger partial charge is 0.419 e. The highest BCUT2D eigenvalue weighted by molar-refractivity contribution is 5.78. The third-order valence-corrected chi connectivity index (χ3v) is 1.79. The standard InChI is InChI=1S/C8H2F3NO3/c9-2-1-3(10)5(11)6-4(2)7(13)15-8(14)12-6/h1H,(H,12,14). The Bertz CT molecular complexity index is 658. The van der Waals surface area contributed by atoms with Gasteiger partial charge in [-0.25, -0.2) is 22.8 Å². The lowest BCUT2D eigenvalue weighted by Gasteiger charge is -1.99. The molecule has 0 fully saturated rings. The maximum atomic E-state index is 13.0. The van der Waals surface area contributed by atoms with E-state index in [0.717, 1.165) is 0 Å². The summed E-state index contributed by atoms with van der Waals surface area (Å²) in [6, 6.07) is 0.201. The number of fused-ring (bicyclic) bond motifs is 1. The van der Waals surface area contributed by atoms with Gasteiger partial charge in [-0.2, -0.15) is 0 Å². The molecule has 15 heavy (non-hydrogen) atoms. The summed E-state index contributed by atoms with van der Waals surface area (Å²) in [4.78, 5) is 23.3. The first-order chi connectivity index (χ1) is 7.00. The van der Waals surface area contributed by atoms with Crippen molar-refractivity contribution in [3.05, 3.63) is 44.5 Å². The molecule has 0 aliphatic heterocycles. The third kappa shape index (κ3) is 1.32. The van der Waals surface area contributed by atoms with E-state index in [2.05, 4.69) is 4.42 Å². The molecular formula is C8H2F3NO3. The normalized spacial score (nSPS) is 10.9. The zero-order valence-electron chi connectivity index (χ0n) is 6.94. The molecule has 0 spiro atoms. The average Bonchev–Trinajstić information content (AvgIpc) is 2.12. The molecule has 0 amide bonds. The van der Waals surface area contributed by atoms with Crippen LogP contribution in [-0.2, 0) is 0 Å². The maximum absolute atomic E-state index is 13.0. The van der Waals surface area contributed by atoms with Crippen molar-refractivity contribution in [2.45, 2.75) is 0 Å². The van der Waals surface area contributed by atoms with Crippen LogP contribution in [0.3, 0.4) is 0 Å². The van der Waals surface area contributed by atoms with E-state index >= 15 is 0 Å². The molecule has 0 bridgehead atoms. The molecule has 1 aromatic carbocycles. The molecule has 0 aliphatic carbocycles. The Hall–Kier alpha value is -2.05. The van der Waals surface area contributed by atoms with E-state index in [0.29, 0.717) is 0 Å². The number of halogens is 3. The highest BCUT2D eigenvalue weighted by Crippen LogP contribution is 2.17. The topological polar surface area (TPSA) is 63.1 Å². The van der Waals surface area contributed by atoms with Crippen molar-refractivity contribution in [2.24, 2.45) is 0 Å². The smallest absolute Gasteiger partial charge is 0.372 e. The molecule has 2 aromatic rings. The molecule has 0 atom stereocenters. The van der Waals surface area contributed by atoms with E-state index in [9.17, 15) is 22.8 Å². The monoisotopic (exact) mass is 217 g/mol. The second-order valence-corrected chi connectivity index (χ2v) is 2.71. The van der Waals surface area contributed by atoms with Crippen LogP contribution in [0, 0.1) is 17.5 Å². The number of aromatic nitrogens is 1. The number of rotatable bonds is 0. The SMILES string of the molecule is O=c1[nH]c2c(F)c(F)cc(F)c2c(=O)o1. The zero-order chi connectivity index (χ0) is 11.2. The minimum Gasteiger partial charge on any atom is -0.372 e. The van der Waals surface area contributed by atoms with Gasteiger partial charge in [-0.05, 0) is 0 Å². The molecule has 0 saturated carbocycles. The van der Waals surface area contributed by atoms with Crippen LogP contribution >= 0.6 is 0 Å². The minimum absolute atomic E-state index is 0.201. The summed E-state index contributed by atoms with van der Waals surface area (Å²) in [5, 5.41) is -0.825. The Morgan fingerprint density at radius 1 is 1.13 bits per heavy atom. The van der Waals surface area contributed by atoms with E-state index in [4.69, 9.17) is 0 Å². The van der Waals surface area contributed by atoms with Crippen LogP contribution in [0.25, 0.3) is 10.9 Å². The lowest BCUT2D eigenvalue weighted by atomic mass is 10.2. The first kappa shape index (κ1) is 9.50. The van der Waals surface area contributed by atoms with Crippen LogP contribution in [0.5, 0.6) is 0 Å². The molecule has 4 nitrogen and oxygen atoms in total. The van der Waals surface area contributed by atoms with E-state index < -0.39 is 39.7 Å². The molecule has 1 heterocycles. The van der Waals surface area contributed by atoms with Gasteiger partial charge in [0.25, 0.3) is 0 Å². The fourth-order valence-corrected chi connectivity index (χ4v) is 1.18. The van der Waals surface area contributed by atoms with Gasteiger partial charge < -0.3 is 4.42 Å². The highest BCUT2D eigenvalue weighted by atomic mass is 19.2. The molecule has 0 saturated heterocycles. The molecule has 1 aromatic heterocycles. The van der Waals surface area contributed by atoms with Crippen LogP contribution in [-0.4, -0.2) is 4.98 Å². The van der Waals surface area contributed by atoms with E-state index in [1.807, 2.05) is 0 Å². The maximum Gasteiger partial charge on any atom is 0.419 e. The Kier molecular flexibility index (Phi) is 1.88. The summed E-state index contributed by atoms with van der Waals surface area (Å²) in [6.07, 6.45) is 0. The number of hydrogen-bond acceptors (Lipinski definition) is 3. The van der Waals surface area contributed by atoms with Crippen LogP contribution in [0.1, 0.15) is 0 Å². The predicted octanol–water partition coefficient (Wildman–Crippen LogP) is 0.899. The lowest BCUT2D eigenvalue weighted by Crippen LogP contribution is -2.17. The van der Waals surface area contributed by atoms with Crippen molar-refractivity contribution < 1.29 is 17.6 Å². The Labute approximate surface area is 79.0 Å². The average molecular weight is 217 g/mol. The number of hydrogen-bond donors (Lipinski definition) is 1. The number of H-pyrrole nitrogens is 1. The first-order valence-electron chi connectivity index (χ1n) is 3.71. The van der Waals surface area contributed by atoms with Gasteiger partial charge in [0.05, 0.1) is 0 Å². The molecular weight excluding hydrogens is 215 g/mol. The van der Waals surface area contributed by atoms with Crippen molar-refractivity contribution in [2.75, 3.05) is 0 Å². The second-order valence-electron chi connectivity index (χ2n) is 2.71. The fourth-order valence-electron chi connectivity index (χ4n) is 1.18. The molecule has 0 radical (unpaired) electrons. The Morgan fingerprint density at radius 2 is 1.80 bits per heavy atom. The summed E-state index contributed by atoms with van der Waals surface area (Å²) in [5.74, 6) is -5.58. The van der Waals surface area contributed by atoms with E-state index in [1.165, 1.54) is 0 Å². The van der Waals surface area contributed by atoms with Crippen molar-refractivity contribution in [3.63, 3.8) is 0 Å². The highest BCUT2D eigenvalue weighted by Gasteiger charge is 2.16. The fraction of sp³-hybridized carbons (Fsp3) is 0. The number of benzene rings is 1. The van der Waals surface area contributed by atoms with Gasteiger partial charge in [-0.15, -0.1) is 0 Å². The van der Waals surface area contributed by atoms with Crippen LogP contribution in [0.2, 0.25) is 0 Å². The van der Waals surface area contributed by atoms with Crippen molar-refractivity contribution in [1.82, 2.24) is 4.98 Å². The first-order valence-corrected chi connectivity index (χ1v) is 3.71. The molecule has 1 N–H and O–H groups in total. The summed E-state index contributed by atoms with van der Waals surface area (Å²) < 4.78 is 42.8. The Morgan fingerprint density at radius 3 is 2.47 bits per heavy atom. The third-order valence-electron chi connectivity index (χ3n) is 1.79. The van der Waals surface area contributed by atoms with Gasteiger partial charge in [-0.1, -0.05) is 0 Å². The minimum atomic E-state index is -1.50. The molecule has 78 valence electrons. The van der Waals surface area contributed by atoms with Gasteiger partial charge in [0, 0.05) is 6.07 Å². The number of aromatic amines is 1. The van der Waals surface area contributed by atoms with E-state index in [1.54, 1.807) is 4.98 Å². The summed E-state index contributed by atoms with van der Waals surface area (Å²) in [5.41, 5.74) is -2.20. The second kappa shape index (κ2) is 2.97. The van der Waals surface area contributed by atoms with Crippen molar-refractivity contribution in [1.29, 1.82) is 0 Å². The van der Waals surface area contributed by atoms with Gasteiger partial charge in [0.15, 0.2) is 11.6 Å². The summed E-state index contributed by atoms with van der Waals surface area (Å²) in [6.45, 7) is 0. The molecule has 2 rings (SSSR count). The van der Waals surface area contributed by atoms with Crippen molar-refractivity contribution in [3.8, 4) is 0 Å². The van der Waals surface area contributed by atoms with Crippen molar-refractivity contribution >= 4 is 10.9 Å². The zero-order valence-corrected chi connectivity index (χ0v) is 6.94. The van der Waals surface area contributed by atoms with E-state index in [-0.39, 0.29) is 6.07 Å². The predicted molar refractivity (Wildman–Crippen MR) is 43.0 cm³/mol. The quantitative estimate of drug-likeness (QED) is 0.666. The van der Waals surface area contributed by atoms with Crippen LogP contribution < -0.4 is 11.4 Å². The van der Waals surface area contributed by atoms with Crippen LogP contribution in [0.15, 0.2) is 20.1 Å². The summed E-state index contributed by atoms with van der Waals surface area (Å²) >= 11 is 0. The molecule has 0 unspecified atom stereocenters. The van der Waals surface area contributed by atoms with Crippen LogP contribution in [0.4, 0.5) is 13.2 Å². The lowest BCUT2D eigenvalue weighted by molar-refractivity contribution is 0.449. The number of nitrogens with one attached hydrogen (secondary N) is 1. The van der Waals surface area contributed by atoms with Gasteiger partial charge in [0.2, 0.25) is 0 Å². The van der Waals surface area contributed by atoms with Gasteiger partial charge in [-0.3, -0.25) is 4.98 Å². The molecule has 0 aliphatic rings. The summed E-state index contributed by atoms with van der Waals surface area (Å²) in [7, 11) is 0. The Balaban J connectivity index is 3.17. The van der Waals surface area contributed by atoms with Gasteiger partial charge >= 0.3 is 11.4 Å². The molecule has 7 heteroatoms. The van der Waals surface area contributed by atoms with Gasteiger partial charge in [0.1, 0.15) is 16.7 Å².